The minimum atomic E-state index is -1.23. The molecule has 3 rings (SSSR count). The van der Waals surface area contributed by atoms with Gasteiger partial charge in [0, 0.05) is 11.0 Å². The average molecular weight is 371 g/mol. The van der Waals surface area contributed by atoms with Crippen molar-refractivity contribution in [2.75, 3.05) is 6.61 Å². The maximum absolute atomic E-state index is 14.7. The van der Waals surface area contributed by atoms with Crippen LogP contribution in [0, 0.1) is 11.2 Å². The molecule has 0 spiro atoms. The number of amides is 1. The number of carbonyl (C=O) groups excluding carboxylic acids is 1. The van der Waals surface area contributed by atoms with Crippen LogP contribution in [0.15, 0.2) is 42.5 Å². The van der Waals surface area contributed by atoms with Gasteiger partial charge in [0.05, 0.1) is 18.2 Å². The Morgan fingerprint density at radius 3 is 2.44 bits per heavy atom. The third-order valence-electron chi connectivity index (χ3n) is 4.59. The molecule has 0 radical (unpaired) electrons. The lowest BCUT2D eigenvalue weighted by atomic mass is 9.92. The zero-order valence-electron chi connectivity index (χ0n) is 15.5. The summed E-state index contributed by atoms with van der Waals surface area (Å²) in [5.41, 5.74) is 0.227. The summed E-state index contributed by atoms with van der Waals surface area (Å²) < 4.78 is 20.4. The second-order valence-electron chi connectivity index (χ2n) is 7.66. The average Bonchev–Trinajstić information content (AvgIpc) is 2.81. The molecule has 0 saturated heterocycles. The van der Waals surface area contributed by atoms with Gasteiger partial charge in [-0.15, -0.1) is 0 Å². The van der Waals surface area contributed by atoms with Crippen LogP contribution in [0.3, 0.4) is 0 Å². The molecule has 27 heavy (non-hydrogen) atoms. The molecule has 1 N–H and O–H groups in total. The van der Waals surface area contributed by atoms with E-state index in [-0.39, 0.29) is 35.9 Å². The highest BCUT2D eigenvalue weighted by molar-refractivity contribution is 5.88. The summed E-state index contributed by atoms with van der Waals surface area (Å²) in [4.78, 5) is 25.9. The van der Waals surface area contributed by atoms with Crippen LogP contribution in [-0.4, -0.2) is 28.5 Å². The maximum atomic E-state index is 14.7. The number of aromatic carboxylic acids is 1. The lowest BCUT2D eigenvalue weighted by Crippen LogP contribution is -2.42. The Labute approximate surface area is 157 Å². The monoisotopic (exact) mass is 371 g/mol. The largest absolute Gasteiger partial charge is 0.491 e. The summed E-state index contributed by atoms with van der Waals surface area (Å²) in [6.07, 6.45) is 0. The minimum Gasteiger partial charge on any atom is -0.491 e. The van der Waals surface area contributed by atoms with E-state index in [0.29, 0.717) is 0 Å². The van der Waals surface area contributed by atoms with Gasteiger partial charge in [-0.3, -0.25) is 4.79 Å². The Hall–Kier alpha value is -2.89. The molecule has 6 heteroatoms. The third-order valence-corrected chi connectivity index (χ3v) is 4.59. The van der Waals surface area contributed by atoms with Crippen molar-refractivity contribution in [3.8, 4) is 5.75 Å². The molecule has 1 amide bonds. The highest BCUT2D eigenvalue weighted by Gasteiger charge is 2.36. The van der Waals surface area contributed by atoms with Crippen LogP contribution < -0.4 is 4.74 Å². The summed E-state index contributed by atoms with van der Waals surface area (Å²) in [6, 6.07) is 11.3. The van der Waals surface area contributed by atoms with Gasteiger partial charge in [0.2, 0.25) is 5.91 Å². The van der Waals surface area contributed by atoms with Crippen molar-refractivity contribution in [3.05, 3.63) is 65.0 Å². The first kappa shape index (κ1) is 18.9. The summed E-state index contributed by atoms with van der Waals surface area (Å²) in [5.74, 6) is -1.89. The fourth-order valence-electron chi connectivity index (χ4n) is 3.15. The van der Waals surface area contributed by atoms with Crippen LogP contribution in [0.25, 0.3) is 0 Å². The molecule has 1 atom stereocenters. The molecule has 1 unspecified atom stereocenters. The number of hydrogen-bond acceptors (Lipinski definition) is 3. The fraction of sp³-hybridized carbons (Fsp3) is 0.333. The van der Waals surface area contributed by atoms with Gasteiger partial charge in [0.1, 0.15) is 18.2 Å². The minimum absolute atomic E-state index is 0.0106. The summed E-state index contributed by atoms with van der Waals surface area (Å²) >= 11 is 0. The van der Waals surface area contributed by atoms with E-state index >= 15 is 0 Å². The van der Waals surface area contributed by atoms with Crippen LogP contribution in [0.4, 0.5) is 4.39 Å². The first-order valence-electron chi connectivity index (χ1n) is 8.73. The van der Waals surface area contributed by atoms with Crippen molar-refractivity contribution in [1.82, 2.24) is 4.90 Å². The van der Waals surface area contributed by atoms with Crippen LogP contribution in [0.2, 0.25) is 0 Å². The van der Waals surface area contributed by atoms with Crippen LogP contribution in [-0.2, 0) is 11.3 Å². The van der Waals surface area contributed by atoms with Gasteiger partial charge in [-0.2, -0.15) is 0 Å². The quantitative estimate of drug-likeness (QED) is 0.865. The van der Waals surface area contributed by atoms with E-state index in [1.54, 1.807) is 4.90 Å². The van der Waals surface area contributed by atoms with Crippen molar-refractivity contribution >= 4 is 11.9 Å². The van der Waals surface area contributed by atoms with E-state index in [1.807, 2.05) is 51.1 Å². The Balaban J connectivity index is 2.09. The Morgan fingerprint density at radius 2 is 1.85 bits per heavy atom. The summed E-state index contributed by atoms with van der Waals surface area (Å²) in [7, 11) is 0. The van der Waals surface area contributed by atoms with Gasteiger partial charge < -0.3 is 14.7 Å². The fourth-order valence-corrected chi connectivity index (χ4v) is 3.15. The summed E-state index contributed by atoms with van der Waals surface area (Å²) in [5, 5.41) is 9.17. The van der Waals surface area contributed by atoms with E-state index in [4.69, 9.17) is 4.74 Å². The normalized spacial score (nSPS) is 16.9. The summed E-state index contributed by atoms with van der Waals surface area (Å²) in [6.45, 7) is 5.56. The van der Waals surface area contributed by atoms with E-state index in [0.717, 1.165) is 11.6 Å². The van der Waals surface area contributed by atoms with E-state index in [9.17, 15) is 19.1 Å². The first-order chi connectivity index (χ1) is 12.7. The highest BCUT2D eigenvalue weighted by atomic mass is 19.1. The lowest BCUT2D eigenvalue weighted by molar-refractivity contribution is -0.143. The van der Waals surface area contributed by atoms with Gasteiger partial charge in [-0.05, 0) is 17.7 Å². The molecule has 2 aromatic rings. The molecule has 0 aromatic heterocycles. The van der Waals surface area contributed by atoms with E-state index in [1.165, 1.54) is 6.07 Å². The van der Waals surface area contributed by atoms with Crippen molar-refractivity contribution in [2.45, 2.75) is 33.4 Å². The number of fused-ring (bicyclic) bond motifs is 1. The second-order valence-corrected chi connectivity index (χ2v) is 7.66. The molecule has 0 fully saturated rings. The van der Waals surface area contributed by atoms with Gasteiger partial charge >= 0.3 is 5.97 Å². The number of hydrogen-bond donors (Lipinski definition) is 1. The second kappa shape index (κ2) is 7.02. The number of nitrogens with zero attached hydrogens (tertiary/aromatic N) is 1. The number of carbonyl (C=O) groups is 2. The molecule has 1 aliphatic rings. The molecule has 142 valence electrons. The molecule has 5 nitrogen and oxygen atoms in total. The molecule has 1 heterocycles. The van der Waals surface area contributed by atoms with Gasteiger partial charge in [0.15, 0.2) is 0 Å². The Kier molecular flexibility index (Phi) is 4.91. The number of halogens is 1. The number of benzene rings is 2. The van der Waals surface area contributed by atoms with Crippen molar-refractivity contribution in [2.24, 2.45) is 5.41 Å². The zero-order chi connectivity index (χ0) is 19.8. The molecular weight excluding hydrogens is 349 g/mol. The molecular formula is C21H22FNO4. The molecule has 0 saturated carbocycles. The van der Waals surface area contributed by atoms with Crippen molar-refractivity contribution < 1.29 is 23.8 Å². The van der Waals surface area contributed by atoms with Gasteiger partial charge in [-0.25, -0.2) is 9.18 Å². The van der Waals surface area contributed by atoms with Crippen molar-refractivity contribution in [1.29, 1.82) is 0 Å². The number of ether oxygens (including phenoxy) is 1. The predicted octanol–water partition coefficient (Wildman–Crippen LogP) is 4.03. The molecule has 0 aliphatic carbocycles. The molecule has 2 aromatic carbocycles. The maximum Gasteiger partial charge on any atom is 0.335 e. The van der Waals surface area contributed by atoms with Gasteiger partial charge in [0.25, 0.3) is 0 Å². The molecule has 1 aliphatic heterocycles. The van der Waals surface area contributed by atoms with E-state index < -0.39 is 23.2 Å². The standard InChI is InChI=1S/C21H22FNO4/c1-21(2,3)20(26)23-11-15-16(22)9-14(19(24)25)10-18(15)27-12-17(23)13-7-5-4-6-8-13/h4-10,17H,11-12H2,1-3H3,(H,24,25). The van der Waals surface area contributed by atoms with Crippen LogP contribution >= 0.6 is 0 Å². The van der Waals surface area contributed by atoms with Crippen LogP contribution in [0.5, 0.6) is 5.75 Å². The third kappa shape index (κ3) is 3.79. The number of carboxylic acids is 1. The van der Waals surface area contributed by atoms with Gasteiger partial charge in [-0.1, -0.05) is 51.1 Å². The SMILES string of the molecule is CC(C)(C)C(=O)N1Cc2c(F)cc(C(=O)O)cc2OCC1c1ccccc1. The Bertz CT molecular complexity index is 874. The highest BCUT2D eigenvalue weighted by Crippen LogP contribution is 2.36. The topological polar surface area (TPSA) is 66.8 Å². The zero-order valence-corrected chi connectivity index (χ0v) is 15.5. The van der Waals surface area contributed by atoms with E-state index in [2.05, 4.69) is 0 Å². The number of carboxylic acid groups (broad SMARTS) is 1. The molecule has 0 bridgehead atoms. The van der Waals surface area contributed by atoms with Crippen molar-refractivity contribution in [3.63, 3.8) is 0 Å². The lowest BCUT2D eigenvalue weighted by Gasteiger charge is -2.34. The smallest absolute Gasteiger partial charge is 0.335 e. The predicted molar refractivity (Wildman–Crippen MR) is 98.0 cm³/mol. The Morgan fingerprint density at radius 1 is 1.19 bits per heavy atom. The number of rotatable bonds is 2. The van der Waals surface area contributed by atoms with Crippen LogP contribution in [0.1, 0.15) is 48.3 Å². The first-order valence-corrected chi connectivity index (χ1v) is 8.73.